The van der Waals surface area contributed by atoms with E-state index in [1.54, 1.807) is 0 Å². The van der Waals surface area contributed by atoms with Crippen molar-refractivity contribution in [1.29, 1.82) is 0 Å². The number of halogens is 3. The van der Waals surface area contributed by atoms with Gasteiger partial charge >= 0.3 is 5.69 Å². The molecule has 164 valence electrons. The van der Waals surface area contributed by atoms with Crippen LogP contribution < -0.4 is 16.0 Å². The highest BCUT2D eigenvalue weighted by molar-refractivity contribution is 5.67. The lowest BCUT2D eigenvalue weighted by molar-refractivity contribution is 0.387. The Kier molecular flexibility index (Phi) is 6.38. The lowest BCUT2D eigenvalue weighted by Crippen LogP contribution is -2.43. The topological polar surface area (TPSA) is 53.2 Å². The molecule has 1 aromatic heterocycles. The van der Waals surface area contributed by atoms with Gasteiger partial charge in [0.15, 0.2) is 11.6 Å². The average Bonchev–Trinajstić information content (AvgIpc) is 2.71. The summed E-state index contributed by atoms with van der Waals surface area (Å²) in [6, 6.07) is 7.73. The third-order valence-electron chi connectivity index (χ3n) is 5.07. The van der Waals surface area contributed by atoms with Gasteiger partial charge in [0.1, 0.15) is 11.6 Å². The summed E-state index contributed by atoms with van der Waals surface area (Å²) in [5, 5.41) is 0. The van der Waals surface area contributed by atoms with Crippen molar-refractivity contribution in [2.75, 3.05) is 7.11 Å². The fourth-order valence-corrected chi connectivity index (χ4v) is 3.53. The number of hydrogen-bond donors (Lipinski definition) is 0. The third kappa shape index (κ3) is 4.15. The van der Waals surface area contributed by atoms with Crippen LogP contribution in [0.1, 0.15) is 25.1 Å². The fraction of sp³-hybridized carbons (Fsp3) is 0.304. The molecule has 3 aromatic rings. The molecule has 0 aliphatic carbocycles. The van der Waals surface area contributed by atoms with E-state index in [1.807, 2.05) is 13.8 Å². The Morgan fingerprint density at radius 3 is 2.16 bits per heavy atom. The zero-order chi connectivity index (χ0) is 22.9. The average molecular weight is 432 g/mol. The van der Waals surface area contributed by atoms with Crippen molar-refractivity contribution in [3.63, 3.8) is 0 Å². The molecule has 0 amide bonds. The summed E-state index contributed by atoms with van der Waals surface area (Å²) in [5.41, 5.74) is -1.72. The van der Waals surface area contributed by atoms with Gasteiger partial charge in [-0.1, -0.05) is 32.0 Å². The Bertz CT molecular complexity index is 1230. The number of aromatic nitrogens is 2. The van der Waals surface area contributed by atoms with Gasteiger partial charge in [-0.25, -0.2) is 18.0 Å². The maximum absolute atomic E-state index is 15.0. The van der Waals surface area contributed by atoms with Crippen LogP contribution >= 0.6 is 0 Å². The first-order chi connectivity index (χ1) is 14.7. The van der Waals surface area contributed by atoms with E-state index in [1.165, 1.54) is 38.3 Å². The molecular weight excluding hydrogens is 409 g/mol. The van der Waals surface area contributed by atoms with E-state index in [2.05, 4.69) is 0 Å². The molecule has 31 heavy (non-hydrogen) atoms. The first kappa shape index (κ1) is 22.4. The van der Waals surface area contributed by atoms with Crippen molar-refractivity contribution in [3.05, 3.63) is 85.9 Å². The van der Waals surface area contributed by atoms with Gasteiger partial charge < -0.3 is 4.74 Å². The molecule has 0 saturated carbocycles. The van der Waals surface area contributed by atoms with E-state index >= 15 is 4.39 Å². The Hall–Kier alpha value is -3.29. The molecule has 5 nitrogen and oxygen atoms in total. The van der Waals surface area contributed by atoms with Crippen molar-refractivity contribution >= 4 is 0 Å². The molecule has 0 aliphatic rings. The number of nitrogens with zero attached hydrogens (tertiary/aromatic N) is 2. The molecule has 2 aromatic carbocycles. The molecule has 0 atom stereocenters. The summed E-state index contributed by atoms with van der Waals surface area (Å²) in [6.45, 7) is 4.71. The summed E-state index contributed by atoms with van der Waals surface area (Å²) in [4.78, 5) is 26.4. The zero-order valence-corrected chi connectivity index (χ0v) is 17.7. The van der Waals surface area contributed by atoms with Crippen molar-refractivity contribution < 1.29 is 17.9 Å². The SMILES string of the molecule is COc1cccc(-c2c(C)n(Cc3c(F)cccc3F)c(=O)n(CC(C)C)c2=O)c1F. The van der Waals surface area contributed by atoms with Gasteiger partial charge in [0.2, 0.25) is 0 Å². The number of methoxy groups -OCH3 is 1. The Morgan fingerprint density at radius 1 is 0.968 bits per heavy atom. The lowest BCUT2D eigenvalue weighted by atomic mass is 10.0. The second-order valence-electron chi connectivity index (χ2n) is 7.66. The van der Waals surface area contributed by atoms with Gasteiger partial charge in [-0.2, -0.15) is 0 Å². The maximum atomic E-state index is 15.0. The largest absolute Gasteiger partial charge is 0.494 e. The van der Waals surface area contributed by atoms with Crippen LogP contribution in [0, 0.1) is 30.3 Å². The van der Waals surface area contributed by atoms with Gasteiger partial charge in [-0.05, 0) is 31.0 Å². The van der Waals surface area contributed by atoms with Crippen molar-refractivity contribution in [3.8, 4) is 16.9 Å². The Morgan fingerprint density at radius 2 is 1.58 bits per heavy atom. The predicted octanol–water partition coefficient (Wildman–Crippen LogP) is 4.12. The molecular formula is C23H23F3N2O3. The summed E-state index contributed by atoms with van der Waals surface area (Å²) in [7, 11) is 1.30. The van der Waals surface area contributed by atoms with Crippen molar-refractivity contribution in [1.82, 2.24) is 9.13 Å². The Balaban J connectivity index is 2.36. The van der Waals surface area contributed by atoms with E-state index < -0.39 is 35.2 Å². The van der Waals surface area contributed by atoms with Crippen LogP contribution in [0.2, 0.25) is 0 Å². The predicted molar refractivity (Wildman–Crippen MR) is 112 cm³/mol. The Labute approximate surface area is 177 Å². The van der Waals surface area contributed by atoms with Gasteiger partial charge in [0.05, 0.1) is 19.2 Å². The molecule has 0 bridgehead atoms. The number of hydrogen-bond acceptors (Lipinski definition) is 3. The molecule has 0 radical (unpaired) electrons. The summed E-state index contributed by atoms with van der Waals surface area (Å²) in [5.74, 6) is -2.54. The molecule has 3 rings (SSSR count). The van der Waals surface area contributed by atoms with Gasteiger partial charge in [0, 0.05) is 23.4 Å². The molecule has 0 unspecified atom stereocenters. The van der Waals surface area contributed by atoms with E-state index in [4.69, 9.17) is 4.74 Å². The van der Waals surface area contributed by atoms with Crippen LogP contribution in [0.15, 0.2) is 46.0 Å². The molecule has 0 aliphatic heterocycles. The van der Waals surface area contributed by atoms with E-state index in [0.29, 0.717) is 0 Å². The summed E-state index contributed by atoms with van der Waals surface area (Å²) in [6.07, 6.45) is 0. The van der Waals surface area contributed by atoms with Crippen molar-refractivity contribution in [2.24, 2.45) is 5.92 Å². The molecule has 0 fully saturated rings. The highest BCUT2D eigenvalue weighted by Gasteiger charge is 2.23. The second kappa shape index (κ2) is 8.83. The zero-order valence-electron chi connectivity index (χ0n) is 17.7. The first-order valence-corrected chi connectivity index (χ1v) is 9.77. The summed E-state index contributed by atoms with van der Waals surface area (Å²) < 4.78 is 50.7. The third-order valence-corrected chi connectivity index (χ3v) is 5.07. The van der Waals surface area contributed by atoms with E-state index in [0.717, 1.165) is 21.3 Å². The van der Waals surface area contributed by atoms with Crippen molar-refractivity contribution in [2.45, 2.75) is 33.9 Å². The van der Waals surface area contributed by atoms with Gasteiger partial charge in [0.25, 0.3) is 5.56 Å². The molecule has 1 heterocycles. The standard InChI is InChI=1S/C23H23F3N2O3/c1-13(2)11-28-22(29)20(15-7-5-10-19(31-4)21(15)26)14(3)27(23(28)30)12-16-17(24)8-6-9-18(16)25/h5-10,13H,11-12H2,1-4H3. The fourth-order valence-electron chi connectivity index (χ4n) is 3.53. The number of benzene rings is 2. The van der Waals surface area contributed by atoms with Crippen LogP contribution in [-0.2, 0) is 13.1 Å². The minimum absolute atomic E-state index is 0.0536. The van der Waals surface area contributed by atoms with Gasteiger partial charge in [-0.3, -0.25) is 13.9 Å². The highest BCUT2D eigenvalue weighted by atomic mass is 19.1. The van der Waals surface area contributed by atoms with Crippen LogP contribution in [0.3, 0.4) is 0 Å². The van der Waals surface area contributed by atoms with Crippen LogP contribution in [0.25, 0.3) is 11.1 Å². The smallest absolute Gasteiger partial charge is 0.331 e. The molecule has 0 spiro atoms. The minimum Gasteiger partial charge on any atom is -0.494 e. The van der Waals surface area contributed by atoms with E-state index in [-0.39, 0.29) is 40.6 Å². The monoisotopic (exact) mass is 432 g/mol. The first-order valence-electron chi connectivity index (χ1n) is 9.77. The van der Waals surface area contributed by atoms with Crippen LogP contribution in [0.4, 0.5) is 13.2 Å². The lowest BCUT2D eigenvalue weighted by Gasteiger charge is -2.19. The van der Waals surface area contributed by atoms with Crippen LogP contribution in [0.5, 0.6) is 5.75 Å². The molecule has 0 N–H and O–H groups in total. The van der Waals surface area contributed by atoms with Gasteiger partial charge in [-0.15, -0.1) is 0 Å². The normalized spacial score (nSPS) is 11.2. The molecule has 0 saturated heterocycles. The maximum Gasteiger partial charge on any atom is 0.331 e. The minimum atomic E-state index is -0.818. The summed E-state index contributed by atoms with van der Waals surface area (Å²) >= 11 is 0. The highest BCUT2D eigenvalue weighted by Crippen LogP contribution is 2.29. The number of rotatable bonds is 6. The second-order valence-corrected chi connectivity index (χ2v) is 7.66. The van der Waals surface area contributed by atoms with Crippen LogP contribution in [-0.4, -0.2) is 16.2 Å². The quantitative estimate of drug-likeness (QED) is 0.589. The number of ether oxygens (including phenoxy) is 1. The van der Waals surface area contributed by atoms with E-state index in [9.17, 15) is 18.4 Å². The molecule has 8 heteroatoms.